The van der Waals surface area contributed by atoms with Crippen molar-refractivity contribution in [2.45, 2.75) is 31.2 Å². The van der Waals surface area contributed by atoms with Gasteiger partial charge in [0.2, 0.25) is 10.0 Å². The zero-order valence-corrected chi connectivity index (χ0v) is 13.5. The van der Waals surface area contributed by atoms with Crippen LogP contribution in [-0.2, 0) is 10.0 Å². The van der Waals surface area contributed by atoms with Gasteiger partial charge in [0.15, 0.2) is 0 Å². The van der Waals surface area contributed by atoms with Crippen molar-refractivity contribution in [2.75, 3.05) is 24.8 Å². The first-order valence-corrected chi connectivity index (χ1v) is 8.96. The van der Waals surface area contributed by atoms with E-state index in [2.05, 4.69) is 0 Å². The number of nitrogen functional groups attached to an aromatic ring is 1. The second-order valence-electron chi connectivity index (χ2n) is 4.73. The highest BCUT2D eigenvalue weighted by Crippen LogP contribution is 2.22. The summed E-state index contributed by atoms with van der Waals surface area (Å²) in [7, 11) is -1.85. The highest BCUT2D eigenvalue weighted by atomic mass is 32.2. The molecule has 0 aliphatic rings. The van der Waals surface area contributed by atoms with Crippen LogP contribution in [0.2, 0.25) is 0 Å². The summed E-state index contributed by atoms with van der Waals surface area (Å²) in [5, 5.41) is 0. The van der Waals surface area contributed by atoms with Crippen molar-refractivity contribution in [2.24, 2.45) is 0 Å². The number of hydrogen-bond acceptors (Lipinski definition) is 4. The van der Waals surface area contributed by atoms with E-state index in [9.17, 15) is 8.42 Å². The number of thioether (sulfide) groups is 1. The topological polar surface area (TPSA) is 63.4 Å². The standard InChI is InChI=1S/C13H22N2O2S2/c1-10-7-12(14)9-13(8-10)19(16,17)15(3)11(2)5-6-18-4/h7-9,11H,5-6,14H2,1-4H3. The Bertz CT molecular complexity index is 509. The fourth-order valence-electron chi connectivity index (χ4n) is 1.80. The summed E-state index contributed by atoms with van der Waals surface area (Å²) in [4.78, 5) is 0.267. The quantitative estimate of drug-likeness (QED) is 0.819. The molecule has 4 nitrogen and oxygen atoms in total. The second-order valence-corrected chi connectivity index (χ2v) is 7.71. The second kappa shape index (κ2) is 6.63. The third-order valence-electron chi connectivity index (χ3n) is 3.11. The number of anilines is 1. The third kappa shape index (κ3) is 4.12. The Kier molecular flexibility index (Phi) is 5.70. The largest absolute Gasteiger partial charge is 0.399 e. The molecule has 1 aromatic rings. The van der Waals surface area contributed by atoms with Crippen molar-refractivity contribution >= 4 is 27.5 Å². The van der Waals surface area contributed by atoms with E-state index in [-0.39, 0.29) is 10.9 Å². The number of aryl methyl sites for hydroxylation is 1. The molecule has 2 N–H and O–H groups in total. The molecule has 0 aromatic heterocycles. The maximum absolute atomic E-state index is 12.5. The molecule has 0 radical (unpaired) electrons. The van der Waals surface area contributed by atoms with Crippen LogP contribution in [0.1, 0.15) is 18.9 Å². The number of nitrogens with zero attached hydrogens (tertiary/aromatic N) is 1. The SMILES string of the molecule is CSCCC(C)N(C)S(=O)(=O)c1cc(C)cc(N)c1. The van der Waals surface area contributed by atoms with Gasteiger partial charge in [0.05, 0.1) is 4.90 Å². The van der Waals surface area contributed by atoms with Crippen molar-refractivity contribution in [1.29, 1.82) is 0 Å². The van der Waals surface area contributed by atoms with E-state index in [1.807, 2.05) is 20.1 Å². The first-order chi connectivity index (χ1) is 8.78. The lowest BCUT2D eigenvalue weighted by atomic mass is 10.2. The minimum Gasteiger partial charge on any atom is -0.399 e. The predicted molar refractivity (Wildman–Crippen MR) is 83.0 cm³/mol. The first kappa shape index (κ1) is 16.3. The molecule has 0 aliphatic heterocycles. The zero-order chi connectivity index (χ0) is 14.6. The van der Waals surface area contributed by atoms with E-state index >= 15 is 0 Å². The van der Waals surface area contributed by atoms with Crippen LogP contribution in [0.4, 0.5) is 5.69 Å². The van der Waals surface area contributed by atoms with Gasteiger partial charge in [-0.1, -0.05) is 0 Å². The minimum absolute atomic E-state index is 0.0285. The number of sulfonamides is 1. The Morgan fingerprint density at radius 1 is 1.37 bits per heavy atom. The van der Waals surface area contributed by atoms with Gasteiger partial charge in [-0.3, -0.25) is 0 Å². The summed E-state index contributed by atoms with van der Waals surface area (Å²) < 4.78 is 26.4. The molecule has 1 atom stereocenters. The smallest absolute Gasteiger partial charge is 0.243 e. The van der Waals surface area contributed by atoms with Crippen LogP contribution < -0.4 is 5.73 Å². The maximum atomic E-state index is 12.5. The summed E-state index contributed by atoms with van der Waals surface area (Å²) in [5.41, 5.74) is 7.05. The molecule has 1 aromatic carbocycles. The summed E-state index contributed by atoms with van der Waals surface area (Å²) in [5.74, 6) is 0.941. The molecule has 0 spiro atoms. The van der Waals surface area contributed by atoms with Gasteiger partial charge in [-0.25, -0.2) is 8.42 Å². The molecule has 0 amide bonds. The van der Waals surface area contributed by atoms with E-state index in [0.29, 0.717) is 5.69 Å². The van der Waals surface area contributed by atoms with E-state index in [1.165, 1.54) is 10.4 Å². The van der Waals surface area contributed by atoms with E-state index < -0.39 is 10.0 Å². The Hall–Kier alpha value is -0.720. The summed E-state index contributed by atoms with van der Waals surface area (Å²) in [6, 6.07) is 4.90. The van der Waals surface area contributed by atoms with Gasteiger partial charge in [-0.15, -0.1) is 0 Å². The van der Waals surface area contributed by atoms with Crippen molar-refractivity contribution in [1.82, 2.24) is 4.31 Å². The van der Waals surface area contributed by atoms with Crippen molar-refractivity contribution in [3.05, 3.63) is 23.8 Å². The lowest BCUT2D eigenvalue weighted by Gasteiger charge is -2.24. The Morgan fingerprint density at radius 2 is 2.00 bits per heavy atom. The molecule has 1 rings (SSSR count). The third-order valence-corrected chi connectivity index (χ3v) is 5.70. The van der Waals surface area contributed by atoms with Crippen LogP contribution in [0.15, 0.2) is 23.1 Å². The van der Waals surface area contributed by atoms with Gasteiger partial charge in [-0.2, -0.15) is 16.1 Å². The number of nitrogens with two attached hydrogens (primary N) is 1. The van der Waals surface area contributed by atoms with Crippen LogP contribution in [0, 0.1) is 6.92 Å². The lowest BCUT2D eigenvalue weighted by Crippen LogP contribution is -2.35. The molecule has 0 fully saturated rings. The molecular formula is C13H22N2O2S2. The van der Waals surface area contributed by atoms with Crippen LogP contribution in [0.3, 0.4) is 0 Å². The molecule has 0 aliphatic carbocycles. The monoisotopic (exact) mass is 302 g/mol. The number of benzene rings is 1. The Labute approximate surface area is 120 Å². The summed E-state index contributed by atoms with van der Waals surface area (Å²) in [6.45, 7) is 3.76. The van der Waals surface area contributed by atoms with Crippen LogP contribution in [-0.4, -0.2) is 37.8 Å². The summed E-state index contributed by atoms with van der Waals surface area (Å²) >= 11 is 1.72. The Morgan fingerprint density at radius 3 is 2.53 bits per heavy atom. The predicted octanol–water partition coefficient (Wildman–Crippen LogP) is 2.34. The van der Waals surface area contributed by atoms with Crippen LogP contribution >= 0.6 is 11.8 Å². The zero-order valence-electron chi connectivity index (χ0n) is 11.9. The van der Waals surface area contributed by atoms with Crippen LogP contribution in [0.5, 0.6) is 0 Å². The number of rotatable bonds is 6. The molecule has 108 valence electrons. The highest BCUT2D eigenvalue weighted by molar-refractivity contribution is 7.98. The van der Waals surface area contributed by atoms with Gasteiger partial charge in [0.25, 0.3) is 0 Å². The molecule has 6 heteroatoms. The lowest BCUT2D eigenvalue weighted by molar-refractivity contribution is 0.382. The summed E-state index contributed by atoms with van der Waals surface area (Å²) in [6.07, 6.45) is 2.85. The average Bonchev–Trinajstić information content (AvgIpc) is 2.33. The Balaban J connectivity index is 3.02. The van der Waals surface area contributed by atoms with Gasteiger partial charge in [-0.05, 0) is 56.0 Å². The molecule has 0 heterocycles. The van der Waals surface area contributed by atoms with E-state index in [1.54, 1.807) is 30.9 Å². The van der Waals surface area contributed by atoms with Crippen molar-refractivity contribution in [3.8, 4) is 0 Å². The molecule has 0 bridgehead atoms. The molecule has 19 heavy (non-hydrogen) atoms. The van der Waals surface area contributed by atoms with E-state index in [0.717, 1.165) is 17.7 Å². The van der Waals surface area contributed by atoms with Gasteiger partial charge in [0, 0.05) is 18.8 Å². The fourth-order valence-corrected chi connectivity index (χ4v) is 3.91. The van der Waals surface area contributed by atoms with Gasteiger partial charge >= 0.3 is 0 Å². The average molecular weight is 302 g/mol. The highest BCUT2D eigenvalue weighted by Gasteiger charge is 2.25. The van der Waals surface area contributed by atoms with Gasteiger partial charge < -0.3 is 5.73 Å². The molecule has 1 unspecified atom stereocenters. The van der Waals surface area contributed by atoms with Crippen LogP contribution in [0.25, 0.3) is 0 Å². The van der Waals surface area contributed by atoms with Gasteiger partial charge in [0.1, 0.15) is 0 Å². The molecular weight excluding hydrogens is 280 g/mol. The fraction of sp³-hybridized carbons (Fsp3) is 0.538. The minimum atomic E-state index is -3.47. The van der Waals surface area contributed by atoms with Crippen molar-refractivity contribution in [3.63, 3.8) is 0 Å². The van der Waals surface area contributed by atoms with E-state index in [4.69, 9.17) is 5.73 Å². The maximum Gasteiger partial charge on any atom is 0.243 e. The number of hydrogen-bond donors (Lipinski definition) is 1. The van der Waals surface area contributed by atoms with Crippen molar-refractivity contribution < 1.29 is 8.42 Å². The molecule has 0 saturated carbocycles. The first-order valence-electron chi connectivity index (χ1n) is 6.13. The normalized spacial score (nSPS) is 13.7. The molecule has 0 saturated heterocycles.